The lowest BCUT2D eigenvalue weighted by molar-refractivity contribution is -0.274. The predicted octanol–water partition coefficient (Wildman–Crippen LogP) is 3.37. The topological polar surface area (TPSA) is 21.3 Å². The Bertz CT molecular complexity index is 371. The number of nitrogens with one attached hydrogen (secondary N) is 1. The molecule has 0 unspecified atom stereocenters. The van der Waals surface area contributed by atoms with E-state index in [1.807, 2.05) is 7.05 Å². The van der Waals surface area contributed by atoms with Gasteiger partial charge in [-0.25, -0.2) is 0 Å². The van der Waals surface area contributed by atoms with Gasteiger partial charge in [0.1, 0.15) is 5.75 Å². The molecular formula is C13H18F3NO. The van der Waals surface area contributed by atoms with Crippen molar-refractivity contribution >= 4 is 0 Å². The summed E-state index contributed by atoms with van der Waals surface area (Å²) in [5, 5.41) is 3.10. The molecule has 18 heavy (non-hydrogen) atoms. The van der Waals surface area contributed by atoms with Gasteiger partial charge < -0.3 is 10.1 Å². The highest BCUT2D eigenvalue weighted by atomic mass is 19.4. The Morgan fingerprint density at radius 1 is 1.11 bits per heavy atom. The molecule has 0 aliphatic heterocycles. The lowest BCUT2D eigenvalue weighted by Gasteiger charge is -2.24. The molecule has 0 heterocycles. The minimum absolute atomic E-state index is 0.0567. The Morgan fingerprint density at radius 2 is 1.67 bits per heavy atom. The van der Waals surface area contributed by atoms with Gasteiger partial charge in [0.15, 0.2) is 0 Å². The Kier molecular flexibility index (Phi) is 4.62. The highest BCUT2D eigenvalue weighted by molar-refractivity contribution is 5.28. The molecule has 0 radical (unpaired) electrons. The Morgan fingerprint density at radius 3 is 2.11 bits per heavy atom. The van der Waals surface area contributed by atoms with Crippen molar-refractivity contribution in [2.75, 3.05) is 13.6 Å². The average Bonchev–Trinajstić information content (AvgIpc) is 2.18. The van der Waals surface area contributed by atoms with Crippen LogP contribution in [0.1, 0.15) is 19.4 Å². The summed E-state index contributed by atoms with van der Waals surface area (Å²) in [4.78, 5) is 0. The fourth-order valence-corrected chi connectivity index (χ4v) is 1.90. The van der Waals surface area contributed by atoms with Crippen LogP contribution in [0, 0.1) is 5.41 Å². The first kappa shape index (κ1) is 14.8. The molecule has 0 atom stereocenters. The second-order valence-electron chi connectivity index (χ2n) is 5.06. The summed E-state index contributed by atoms with van der Waals surface area (Å²) in [6.45, 7) is 5.04. The van der Waals surface area contributed by atoms with E-state index < -0.39 is 6.36 Å². The van der Waals surface area contributed by atoms with Crippen LogP contribution < -0.4 is 10.1 Å². The van der Waals surface area contributed by atoms with Gasteiger partial charge in [-0.2, -0.15) is 0 Å². The summed E-state index contributed by atoms with van der Waals surface area (Å²) in [7, 11) is 1.88. The summed E-state index contributed by atoms with van der Waals surface area (Å²) in [6, 6.07) is 6.02. The van der Waals surface area contributed by atoms with Crippen molar-refractivity contribution in [1.29, 1.82) is 0 Å². The molecule has 1 aromatic rings. The molecule has 0 aliphatic carbocycles. The van der Waals surface area contributed by atoms with Crippen molar-refractivity contribution in [3.8, 4) is 5.75 Å². The lowest BCUT2D eigenvalue weighted by Crippen LogP contribution is -2.28. The van der Waals surface area contributed by atoms with Crippen LogP contribution in [0.5, 0.6) is 5.75 Å². The number of hydrogen-bond acceptors (Lipinski definition) is 2. The monoisotopic (exact) mass is 261 g/mol. The lowest BCUT2D eigenvalue weighted by atomic mass is 9.86. The third-order valence-electron chi connectivity index (χ3n) is 2.49. The fraction of sp³-hybridized carbons (Fsp3) is 0.538. The van der Waals surface area contributed by atoms with Gasteiger partial charge in [0.2, 0.25) is 0 Å². The SMILES string of the molecule is CNCC(C)(C)Cc1ccc(OC(F)(F)F)cc1. The molecule has 0 spiro atoms. The Hall–Kier alpha value is -1.23. The van der Waals surface area contributed by atoms with E-state index in [0.717, 1.165) is 18.5 Å². The van der Waals surface area contributed by atoms with E-state index in [9.17, 15) is 13.2 Å². The highest BCUT2D eigenvalue weighted by Crippen LogP contribution is 2.25. The molecule has 0 aromatic heterocycles. The summed E-state index contributed by atoms with van der Waals surface area (Å²) < 4.78 is 39.8. The van der Waals surface area contributed by atoms with Gasteiger partial charge in [0.05, 0.1) is 0 Å². The molecule has 1 rings (SSSR count). The van der Waals surface area contributed by atoms with Crippen molar-refractivity contribution in [3.63, 3.8) is 0 Å². The normalized spacial score (nSPS) is 12.6. The molecule has 2 nitrogen and oxygen atoms in total. The van der Waals surface area contributed by atoms with Gasteiger partial charge >= 0.3 is 6.36 Å². The largest absolute Gasteiger partial charge is 0.573 e. The quantitative estimate of drug-likeness (QED) is 0.877. The zero-order chi connectivity index (χ0) is 13.8. The van der Waals surface area contributed by atoms with Gasteiger partial charge in [-0.15, -0.1) is 13.2 Å². The first-order chi connectivity index (χ1) is 8.22. The summed E-state index contributed by atoms with van der Waals surface area (Å²) >= 11 is 0. The zero-order valence-corrected chi connectivity index (χ0v) is 10.8. The summed E-state index contributed by atoms with van der Waals surface area (Å²) in [5.74, 6) is -0.183. The van der Waals surface area contributed by atoms with Gasteiger partial charge in [-0.3, -0.25) is 0 Å². The van der Waals surface area contributed by atoms with E-state index >= 15 is 0 Å². The van der Waals surface area contributed by atoms with Crippen LogP contribution in [0.4, 0.5) is 13.2 Å². The molecule has 0 amide bonds. The molecule has 1 N–H and O–H groups in total. The molecular weight excluding hydrogens is 243 g/mol. The Labute approximate surface area is 105 Å². The number of benzene rings is 1. The van der Waals surface area contributed by atoms with Crippen molar-refractivity contribution in [2.24, 2.45) is 5.41 Å². The van der Waals surface area contributed by atoms with E-state index in [1.165, 1.54) is 12.1 Å². The van der Waals surface area contributed by atoms with Gasteiger partial charge in [-0.05, 0) is 36.6 Å². The predicted molar refractivity (Wildman–Crippen MR) is 64.5 cm³/mol. The van der Waals surface area contributed by atoms with Crippen molar-refractivity contribution < 1.29 is 17.9 Å². The van der Waals surface area contributed by atoms with E-state index in [0.29, 0.717) is 0 Å². The second-order valence-corrected chi connectivity index (χ2v) is 5.06. The van der Waals surface area contributed by atoms with Gasteiger partial charge in [-0.1, -0.05) is 26.0 Å². The van der Waals surface area contributed by atoms with Crippen molar-refractivity contribution in [3.05, 3.63) is 29.8 Å². The minimum atomic E-state index is -4.63. The molecule has 0 saturated heterocycles. The smallest absolute Gasteiger partial charge is 0.406 e. The molecule has 0 aliphatic rings. The standard InChI is InChI=1S/C13H18F3NO/c1-12(2,9-17-3)8-10-4-6-11(7-5-10)18-13(14,15)16/h4-7,17H,8-9H2,1-3H3. The first-order valence-electron chi connectivity index (χ1n) is 5.71. The average molecular weight is 261 g/mol. The van der Waals surface area contributed by atoms with Gasteiger partial charge in [0, 0.05) is 6.54 Å². The van der Waals surface area contributed by atoms with E-state index in [2.05, 4.69) is 23.9 Å². The number of ether oxygens (including phenoxy) is 1. The third-order valence-corrected chi connectivity index (χ3v) is 2.49. The zero-order valence-electron chi connectivity index (χ0n) is 10.8. The van der Waals surface area contributed by atoms with Crippen LogP contribution >= 0.6 is 0 Å². The molecule has 0 fully saturated rings. The molecule has 102 valence electrons. The first-order valence-corrected chi connectivity index (χ1v) is 5.71. The van der Waals surface area contributed by atoms with Crippen LogP contribution in [0.3, 0.4) is 0 Å². The number of hydrogen-bond donors (Lipinski definition) is 1. The molecule has 5 heteroatoms. The van der Waals surface area contributed by atoms with E-state index in [-0.39, 0.29) is 11.2 Å². The molecule has 0 bridgehead atoms. The highest BCUT2D eigenvalue weighted by Gasteiger charge is 2.31. The number of halogens is 3. The maximum absolute atomic E-state index is 12.0. The minimum Gasteiger partial charge on any atom is -0.406 e. The number of rotatable bonds is 5. The van der Waals surface area contributed by atoms with Crippen LogP contribution in [-0.2, 0) is 6.42 Å². The number of alkyl halides is 3. The molecule has 1 aromatic carbocycles. The molecule has 0 saturated carbocycles. The second kappa shape index (κ2) is 5.61. The van der Waals surface area contributed by atoms with Gasteiger partial charge in [0.25, 0.3) is 0 Å². The van der Waals surface area contributed by atoms with Crippen molar-refractivity contribution in [2.45, 2.75) is 26.6 Å². The summed E-state index contributed by atoms with van der Waals surface area (Å²) in [5.41, 5.74) is 1.05. The Balaban J connectivity index is 2.66. The van der Waals surface area contributed by atoms with E-state index in [4.69, 9.17) is 0 Å². The van der Waals surface area contributed by atoms with Crippen LogP contribution in [0.25, 0.3) is 0 Å². The fourth-order valence-electron chi connectivity index (χ4n) is 1.90. The third kappa shape index (κ3) is 5.40. The van der Waals surface area contributed by atoms with Crippen LogP contribution in [0.2, 0.25) is 0 Å². The van der Waals surface area contributed by atoms with Crippen LogP contribution in [-0.4, -0.2) is 20.0 Å². The van der Waals surface area contributed by atoms with Crippen molar-refractivity contribution in [1.82, 2.24) is 5.32 Å². The van der Waals surface area contributed by atoms with Crippen LogP contribution in [0.15, 0.2) is 24.3 Å². The maximum atomic E-state index is 12.0. The maximum Gasteiger partial charge on any atom is 0.573 e. The summed E-state index contributed by atoms with van der Waals surface area (Å²) in [6.07, 6.45) is -3.84. The van der Waals surface area contributed by atoms with E-state index in [1.54, 1.807) is 12.1 Å².